The Morgan fingerprint density at radius 1 is 1.36 bits per heavy atom. The predicted molar refractivity (Wildman–Crippen MR) is 94.7 cm³/mol. The topological polar surface area (TPSA) is 100 Å². The summed E-state index contributed by atoms with van der Waals surface area (Å²) in [5.74, 6) is 0.106. The molecule has 0 atom stereocenters. The van der Waals surface area contributed by atoms with Gasteiger partial charge in [0.15, 0.2) is 5.96 Å². The minimum absolute atomic E-state index is 0. The Balaban J connectivity index is 0.00000242. The highest BCUT2D eigenvalue weighted by Crippen LogP contribution is 2.14. The Kier molecular flexibility index (Phi) is 7.96. The fourth-order valence-corrected chi connectivity index (χ4v) is 1.99. The molecule has 122 valence electrons. The molecule has 1 aromatic rings. The van der Waals surface area contributed by atoms with Crippen LogP contribution in [0.5, 0.6) is 5.75 Å². The molecule has 1 heterocycles. The third kappa shape index (κ3) is 5.34. The number of aliphatic imine (C=N–C) groups is 1. The van der Waals surface area contributed by atoms with E-state index in [1.165, 1.54) is 6.07 Å². The molecule has 0 saturated carbocycles. The zero-order chi connectivity index (χ0) is 15.1. The summed E-state index contributed by atoms with van der Waals surface area (Å²) in [7, 11) is 0. The molecule has 1 amide bonds. The van der Waals surface area contributed by atoms with Crippen molar-refractivity contribution in [3.05, 3.63) is 29.8 Å². The maximum absolute atomic E-state index is 11.8. The first kappa shape index (κ1) is 18.5. The number of carbonyl (C=O) groups is 1. The minimum atomic E-state index is -0.326. The third-order valence-electron chi connectivity index (χ3n) is 3.15. The highest BCUT2D eigenvalue weighted by molar-refractivity contribution is 14.0. The highest BCUT2D eigenvalue weighted by atomic mass is 127. The Labute approximate surface area is 146 Å². The second-order valence-corrected chi connectivity index (χ2v) is 4.61. The summed E-state index contributed by atoms with van der Waals surface area (Å²) in [4.78, 5) is 18.0. The van der Waals surface area contributed by atoms with E-state index in [0.29, 0.717) is 32.3 Å². The van der Waals surface area contributed by atoms with E-state index in [9.17, 15) is 9.90 Å². The molecule has 7 nitrogen and oxygen atoms in total. The molecule has 1 aromatic carbocycles. The number of rotatable bonds is 4. The Hall–Kier alpha value is -1.55. The van der Waals surface area contributed by atoms with Crippen LogP contribution in [0.15, 0.2) is 29.3 Å². The normalized spacial score (nSPS) is 15.1. The number of nitrogens with two attached hydrogens (primary N) is 1. The number of ether oxygens (including phenoxy) is 1. The van der Waals surface area contributed by atoms with Crippen molar-refractivity contribution < 1.29 is 14.6 Å². The van der Waals surface area contributed by atoms with Gasteiger partial charge in [-0.1, -0.05) is 12.1 Å². The first-order chi connectivity index (χ1) is 10.2. The summed E-state index contributed by atoms with van der Waals surface area (Å²) >= 11 is 0. The summed E-state index contributed by atoms with van der Waals surface area (Å²) in [5.41, 5.74) is 6.12. The first-order valence-electron chi connectivity index (χ1n) is 6.87. The van der Waals surface area contributed by atoms with Crippen molar-refractivity contribution in [3.63, 3.8) is 0 Å². The Bertz CT molecular complexity index is 519. The third-order valence-corrected chi connectivity index (χ3v) is 3.15. The molecule has 22 heavy (non-hydrogen) atoms. The summed E-state index contributed by atoms with van der Waals surface area (Å²) in [6, 6.07) is 6.40. The van der Waals surface area contributed by atoms with Crippen LogP contribution >= 0.6 is 24.0 Å². The van der Waals surface area contributed by atoms with E-state index in [1.54, 1.807) is 18.2 Å². The lowest BCUT2D eigenvalue weighted by atomic mass is 10.2. The molecule has 1 saturated heterocycles. The molecular formula is C14H21IN4O3. The van der Waals surface area contributed by atoms with Crippen LogP contribution in [0.25, 0.3) is 0 Å². The van der Waals surface area contributed by atoms with E-state index in [0.717, 1.165) is 13.1 Å². The van der Waals surface area contributed by atoms with E-state index in [1.807, 2.05) is 4.90 Å². The number of halogens is 1. The zero-order valence-electron chi connectivity index (χ0n) is 12.2. The van der Waals surface area contributed by atoms with Gasteiger partial charge < -0.3 is 25.8 Å². The number of aromatic hydroxyl groups is 1. The van der Waals surface area contributed by atoms with Crippen molar-refractivity contribution in [2.75, 3.05) is 39.4 Å². The van der Waals surface area contributed by atoms with E-state index in [-0.39, 0.29) is 41.2 Å². The summed E-state index contributed by atoms with van der Waals surface area (Å²) in [6.07, 6.45) is 0. The van der Waals surface area contributed by atoms with Crippen LogP contribution in [0, 0.1) is 0 Å². The van der Waals surface area contributed by atoms with Crippen LogP contribution in [0.2, 0.25) is 0 Å². The number of morpholine rings is 1. The number of phenolic OH excluding ortho intramolecular Hbond substituents is 1. The van der Waals surface area contributed by atoms with Crippen LogP contribution in [0.4, 0.5) is 0 Å². The van der Waals surface area contributed by atoms with E-state index >= 15 is 0 Å². The maximum atomic E-state index is 11.8. The maximum Gasteiger partial charge on any atom is 0.255 e. The number of benzene rings is 1. The Morgan fingerprint density at radius 3 is 2.73 bits per heavy atom. The number of nitrogens with one attached hydrogen (secondary N) is 1. The van der Waals surface area contributed by atoms with Crippen LogP contribution in [0.1, 0.15) is 10.4 Å². The fraction of sp³-hybridized carbons (Fsp3) is 0.429. The molecule has 0 bridgehead atoms. The molecule has 1 aliphatic heterocycles. The van der Waals surface area contributed by atoms with Gasteiger partial charge in [-0.05, 0) is 12.1 Å². The lowest BCUT2D eigenvalue weighted by molar-refractivity contribution is 0.0674. The van der Waals surface area contributed by atoms with Crippen LogP contribution in [-0.2, 0) is 4.74 Å². The van der Waals surface area contributed by atoms with Crippen molar-refractivity contribution >= 4 is 35.8 Å². The van der Waals surface area contributed by atoms with Crippen LogP contribution in [0.3, 0.4) is 0 Å². The summed E-state index contributed by atoms with van der Waals surface area (Å²) in [6.45, 7) is 3.53. The smallest absolute Gasteiger partial charge is 0.255 e. The second kappa shape index (κ2) is 9.46. The van der Waals surface area contributed by atoms with Gasteiger partial charge >= 0.3 is 0 Å². The zero-order valence-corrected chi connectivity index (χ0v) is 14.5. The minimum Gasteiger partial charge on any atom is -0.507 e. The average Bonchev–Trinajstić information content (AvgIpc) is 2.52. The van der Waals surface area contributed by atoms with Gasteiger partial charge in [0, 0.05) is 19.6 Å². The molecule has 0 radical (unpaired) electrons. The van der Waals surface area contributed by atoms with Gasteiger partial charge in [-0.2, -0.15) is 0 Å². The SMILES string of the molecule is I.NC(=NCCNC(=O)c1ccccc1O)N1CCOCC1. The van der Waals surface area contributed by atoms with Crippen LogP contribution < -0.4 is 11.1 Å². The lowest BCUT2D eigenvalue weighted by Crippen LogP contribution is -2.45. The number of hydrogen-bond acceptors (Lipinski definition) is 4. The standard InChI is InChI=1S/C14H20N4O3.HI/c15-14(18-7-9-21-10-8-18)17-6-5-16-13(20)11-3-1-2-4-12(11)19;/h1-4,19H,5-10H2,(H2,15,17)(H,16,20);1H. The molecule has 1 aliphatic rings. The molecule has 0 unspecified atom stereocenters. The number of guanidine groups is 1. The molecule has 4 N–H and O–H groups in total. The average molecular weight is 420 g/mol. The van der Waals surface area contributed by atoms with Crippen molar-refractivity contribution in [1.82, 2.24) is 10.2 Å². The number of phenols is 1. The number of nitrogens with zero attached hydrogens (tertiary/aromatic N) is 2. The molecule has 8 heteroatoms. The number of hydrogen-bond donors (Lipinski definition) is 3. The monoisotopic (exact) mass is 420 g/mol. The number of para-hydroxylation sites is 1. The van der Waals surface area contributed by atoms with Gasteiger partial charge in [0.25, 0.3) is 5.91 Å². The van der Waals surface area contributed by atoms with E-state index < -0.39 is 0 Å². The van der Waals surface area contributed by atoms with Gasteiger partial charge in [-0.25, -0.2) is 0 Å². The van der Waals surface area contributed by atoms with Crippen LogP contribution in [-0.4, -0.2) is 61.3 Å². The molecule has 1 fully saturated rings. The van der Waals surface area contributed by atoms with Gasteiger partial charge in [-0.15, -0.1) is 24.0 Å². The largest absolute Gasteiger partial charge is 0.507 e. The van der Waals surface area contributed by atoms with E-state index in [4.69, 9.17) is 10.5 Å². The fourth-order valence-electron chi connectivity index (χ4n) is 1.99. The van der Waals surface area contributed by atoms with Gasteiger partial charge in [0.2, 0.25) is 0 Å². The lowest BCUT2D eigenvalue weighted by Gasteiger charge is -2.27. The van der Waals surface area contributed by atoms with E-state index in [2.05, 4.69) is 10.3 Å². The predicted octanol–water partition coefficient (Wildman–Crippen LogP) is 0.387. The Morgan fingerprint density at radius 2 is 2.05 bits per heavy atom. The van der Waals surface area contributed by atoms with Crippen molar-refractivity contribution in [1.29, 1.82) is 0 Å². The summed E-state index contributed by atoms with van der Waals surface area (Å²) in [5, 5.41) is 12.3. The van der Waals surface area contributed by atoms with Crippen molar-refractivity contribution in [3.8, 4) is 5.75 Å². The van der Waals surface area contributed by atoms with Crippen molar-refractivity contribution in [2.24, 2.45) is 10.7 Å². The molecule has 0 spiro atoms. The first-order valence-corrected chi connectivity index (χ1v) is 6.87. The quantitative estimate of drug-likeness (QED) is 0.283. The van der Waals surface area contributed by atoms with Gasteiger partial charge in [-0.3, -0.25) is 9.79 Å². The molecule has 2 rings (SSSR count). The van der Waals surface area contributed by atoms with Crippen molar-refractivity contribution in [2.45, 2.75) is 0 Å². The molecule has 0 aliphatic carbocycles. The van der Waals surface area contributed by atoms with Gasteiger partial charge in [0.05, 0.1) is 25.3 Å². The summed E-state index contributed by atoms with van der Waals surface area (Å²) < 4.78 is 5.23. The highest BCUT2D eigenvalue weighted by Gasteiger charge is 2.12. The molecular weight excluding hydrogens is 399 g/mol. The second-order valence-electron chi connectivity index (χ2n) is 4.61. The number of amides is 1. The molecule has 0 aromatic heterocycles. The van der Waals surface area contributed by atoms with Gasteiger partial charge in [0.1, 0.15) is 5.75 Å². The number of carbonyl (C=O) groups excluding carboxylic acids is 1.